The summed E-state index contributed by atoms with van der Waals surface area (Å²) in [7, 11) is 1.70. The molecule has 0 spiro atoms. The van der Waals surface area contributed by atoms with Crippen LogP contribution in [0.1, 0.15) is 9.67 Å². The first-order valence-electron chi connectivity index (χ1n) is 4.79. The molecule has 17 heavy (non-hydrogen) atoms. The highest BCUT2D eigenvalue weighted by Crippen LogP contribution is 2.31. The van der Waals surface area contributed by atoms with Gasteiger partial charge in [0.15, 0.2) is 5.13 Å². The SMILES string of the molecule is CNc1nc(-c2ccc(Cl)cc2)c(C(=O)O)s1. The maximum Gasteiger partial charge on any atom is 0.348 e. The maximum absolute atomic E-state index is 11.1. The van der Waals surface area contributed by atoms with Crippen molar-refractivity contribution in [1.82, 2.24) is 4.98 Å². The molecule has 2 aromatic rings. The van der Waals surface area contributed by atoms with Gasteiger partial charge in [0.2, 0.25) is 0 Å². The lowest BCUT2D eigenvalue weighted by Crippen LogP contribution is -1.95. The van der Waals surface area contributed by atoms with Crippen LogP contribution in [0.5, 0.6) is 0 Å². The van der Waals surface area contributed by atoms with Crippen molar-refractivity contribution < 1.29 is 9.90 Å². The van der Waals surface area contributed by atoms with E-state index >= 15 is 0 Å². The minimum atomic E-state index is -0.978. The fourth-order valence-corrected chi connectivity index (χ4v) is 2.28. The second-order valence-corrected chi connectivity index (χ2v) is 4.69. The Morgan fingerprint density at radius 3 is 2.59 bits per heavy atom. The molecule has 6 heteroatoms. The molecular formula is C11H9ClN2O2S. The van der Waals surface area contributed by atoms with Crippen LogP contribution in [-0.2, 0) is 0 Å². The molecule has 0 saturated carbocycles. The molecule has 1 heterocycles. The predicted octanol–water partition coefficient (Wildman–Crippen LogP) is 3.20. The van der Waals surface area contributed by atoms with E-state index in [1.165, 1.54) is 0 Å². The quantitative estimate of drug-likeness (QED) is 0.897. The lowest BCUT2D eigenvalue weighted by atomic mass is 10.1. The Labute approximate surface area is 107 Å². The largest absolute Gasteiger partial charge is 0.477 e. The van der Waals surface area contributed by atoms with Gasteiger partial charge in [-0.2, -0.15) is 0 Å². The van der Waals surface area contributed by atoms with E-state index in [4.69, 9.17) is 16.7 Å². The van der Waals surface area contributed by atoms with E-state index in [2.05, 4.69) is 10.3 Å². The number of rotatable bonds is 3. The molecule has 0 atom stereocenters. The van der Waals surface area contributed by atoms with Gasteiger partial charge >= 0.3 is 5.97 Å². The van der Waals surface area contributed by atoms with Crippen LogP contribution in [0.2, 0.25) is 5.02 Å². The molecule has 0 unspecified atom stereocenters. The zero-order valence-electron chi connectivity index (χ0n) is 8.90. The maximum atomic E-state index is 11.1. The number of carboxylic acid groups (broad SMARTS) is 1. The normalized spacial score (nSPS) is 10.2. The molecule has 0 amide bonds. The van der Waals surface area contributed by atoms with Crippen molar-refractivity contribution in [3.8, 4) is 11.3 Å². The Morgan fingerprint density at radius 2 is 2.06 bits per heavy atom. The van der Waals surface area contributed by atoms with Gasteiger partial charge in [0.1, 0.15) is 4.88 Å². The summed E-state index contributed by atoms with van der Waals surface area (Å²) in [5.41, 5.74) is 1.20. The third kappa shape index (κ3) is 2.40. The molecule has 0 saturated heterocycles. The van der Waals surface area contributed by atoms with Crippen molar-refractivity contribution in [2.24, 2.45) is 0 Å². The summed E-state index contributed by atoms with van der Waals surface area (Å²) in [6.07, 6.45) is 0. The first-order valence-corrected chi connectivity index (χ1v) is 5.99. The van der Waals surface area contributed by atoms with E-state index in [9.17, 15) is 4.79 Å². The van der Waals surface area contributed by atoms with Gasteiger partial charge in [0, 0.05) is 17.6 Å². The monoisotopic (exact) mass is 268 g/mol. The van der Waals surface area contributed by atoms with Crippen molar-refractivity contribution in [2.75, 3.05) is 12.4 Å². The third-order valence-electron chi connectivity index (χ3n) is 2.15. The minimum absolute atomic E-state index is 0.219. The molecule has 1 aromatic carbocycles. The number of nitrogens with zero attached hydrogens (tertiary/aromatic N) is 1. The number of aromatic carboxylic acids is 1. The number of hydrogen-bond donors (Lipinski definition) is 2. The van der Waals surface area contributed by atoms with Crippen LogP contribution in [0, 0.1) is 0 Å². The van der Waals surface area contributed by atoms with E-state index in [-0.39, 0.29) is 4.88 Å². The summed E-state index contributed by atoms with van der Waals surface area (Å²) in [6, 6.07) is 6.92. The molecule has 0 aliphatic heterocycles. The average Bonchev–Trinajstić information content (AvgIpc) is 2.74. The Bertz CT molecular complexity index is 551. The number of aromatic nitrogens is 1. The zero-order chi connectivity index (χ0) is 12.4. The fraction of sp³-hybridized carbons (Fsp3) is 0.0909. The van der Waals surface area contributed by atoms with Gasteiger partial charge in [-0.05, 0) is 12.1 Å². The van der Waals surface area contributed by atoms with Crippen molar-refractivity contribution in [3.05, 3.63) is 34.2 Å². The Balaban J connectivity index is 2.53. The van der Waals surface area contributed by atoms with E-state index in [0.29, 0.717) is 15.8 Å². The number of carboxylic acids is 1. The summed E-state index contributed by atoms with van der Waals surface area (Å²) in [5, 5.41) is 13.1. The van der Waals surface area contributed by atoms with Gasteiger partial charge in [-0.15, -0.1) is 0 Å². The topological polar surface area (TPSA) is 62.2 Å². The highest BCUT2D eigenvalue weighted by Gasteiger charge is 2.18. The Morgan fingerprint density at radius 1 is 1.41 bits per heavy atom. The molecule has 2 N–H and O–H groups in total. The fourth-order valence-electron chi connectivity index (χ4n) is 1.38. The molecule has 0 fully saturated rings. The summed E-state index contributed by atoms with van der Waals surface area (Å²) in [4.78, 5) is 15.6. The molecule has 0 aliphatic carbocycles. The van der Waals surface area contributed by atoms with Crippen molar-refractivity contribution >= 4 is 34.0 Å². The van der Waals surface area contributed by atoms with E-state index in [1.807, 2.05) is 0 Å². The molecule has 0 radical (unpaired) electrons. The second-order valence-electron chi connectivity index (χ2n) is 3.26. The molecule has 88 valence electrons. The number of carbonyl (C=O) groups is 1. The number of halogens is 1. The standard InChI is InChI=1S/C11H9ClN2O2S/c1-13-11-14-8(9(17-11)10(15)16)6-2-4-7(12)5-3-6/h2-5H,1H3,(H,13,14)(H,15,16). The van der Waals surface area contributed by atoms with Crippen LogP contribution in [0.3, 0.4) is 0 Å². The second kappa shape index (κ2) is 4.73. The van der Waals surface area contributed by atoms with Gasteiger partial charge in [0.25, 0.3) is 0 Å². The number of hydrogen-bond acceptors (Lipinski definition) is 4. The van der Waals surface area contributed by atoms with E-state index in [0.717, 1.165) is 16.9 Å². The van der Waals surface area contributed by atoms with Crippen molar-refractivity contribution in [3.63, 3.8) is 0 Å². The van der Waals surface area contributed by atoms with Crippen LogP contribution in [0.25, 0.3) is 11.3 Å². The third-order valence-corrected chi connectivity index (χ3v) is 3.47. The molecule has 2 rings (SSSR count). The predicted molar refractivity (Wildman–Crippen MR) is 69.1 cm³/mol. The van der Waals surface area contributed by atoms with Gasteiger partial charge in [-0.3, -0.25) is 0 Å². The van der Waals surface area contributed by atoms with Crippen LogP contribution in [0.4, 0.5) is 5.13 Å². The van der Waals surface area contributed by atoms with E-state index in [1.54, 1.807) is 31.3 Å². The smallest absolute Gasteiger partial charge is 0.348 e. The summed E-state index contributed by atoms with van der Waals surface area (Å²) >= 11 is 6.90. The number of thiazole rings is 1. The van der Waals surface area contributed by atoms with Crippen molar-refractivity contribution in [2.45, 2.75) is 0 Å². The molecule has 4 nitrogen and oxygen atoms in total. The van der Waals surface area contributed by atoms with Crippen LogP contribution in [-0.4, -0.2) is 23.1 Å². The van der Waals surface area contributed by atoms with E-state index < -0.39 is 5.97 Å². The van der Waals surface area contributed by atoms with Crippen LogP contribution in [0.15, 0.2) is 24.3 Å². The first-order chi connectivity index (χ1) is 8.11. The van der Waals surface area contributed by atoms with Crippen LogP contribution < -0.4 is 5.32 Å². The summed E-state index contributed by atoms with van der Waals surface area (Å²) in [5.74, 6) is -0.978. The Kier molecular flexibility index (Phi) is 3.31. The van der Waals surface area contributed by atoms with Gasteiger partial charge in [0.05, 0.1) is 5.69 Å². The first kappa shape index (κ1) is 11.9. The number of anilines is 1. The van der Waals surface area contributed by atoms with Crippen LogP contribution >= 0.6 is 22.9 Å². The highest BCUT2D eigenvalue weighted by atomic mass is 35.5. The van der Waals surface area contributed by atoms with Crippen molar-refractivity contribution in [1.29, 1.82) is 0 Å². The highest BCUT2D eigenvalue weighted by molar-refractivity contribution is 7.17. The molecule has 0 aliphatic rings. The number of nitrogens with one attached hydrogen (secondary N) is 1. The summed E-state index contributed by atoms with van der Waals surface area (Å²) < 4.78 is 0. The van der Waals surface area contributed by atoms with Gasteiger partial charge in [-0.1, -0.05) is 35.1 Å². The van der Waals surface area contributed by atoms with Gasteiger partial charge in [-0.25, -0.2) is 9.78 Å². The summed E-state index contributed by atoms with van der Waals surface area (Å²) in [6.45, 7) is 0. The Hall–Kier alpha value is -1.59. The minimum Gasteiger partial charge on any atom is -0.477 e. The average molecular weight is 269 g/mol. The molecule has 0 bridgehead atoms. The number of benzene rings is 1. The molecule has 1 aromatic heterocycles. The zero-order valence-corrected chi connectivity index (χ0v) is 10.5. The van der Waals surface area contributed by atoms with Gasteiger partial charge < -0.3 is 10.4 Å². The lowest BCUT2D eigenvalue weighted by molar-refractivity contribution is 0.0702. The molecular weight excluding hydrogens is 260 g/mol. The lowest BCUT2D eigenvalue weighted by Gasteiger charge is -1.98.